The summed E-state index contributed by atoms with van der Waals surface area (Å²) in [7, 11) is 1.74. The summed E-state index contributed by atoms with van der Waals surface area (Å²) in [5.74, 6) is -0.0647. The van der Waals surface area contributed by atoms with E-state index < -0.39 is 0 Å². The van der Waals surface area contributed by atoms with E-state index in [0.717, 1.165) is 0 Å². The number of thiocarbonyl (C=S) groups is 1. The molecule has 0 aromatic carbocycles. The third-order valence-corrected chi connectivity index (χ3v) is 1.62. The van der Waals surface area contributed by atoms with Crippen LogP contribution in [0.5, 0.6) is 0 Å². The van der Waals surface area contributed by atoms with E-state index in [4.69, 9.17) is 12.2 Å². The molecule has 0 heterocycles. The summed E-state index contributed by atoms with van der Waals surface area (Å²) < 4.78 is 0. The van der Waals surface area contributed by atoms with Crippen LogP contribution in [-0.4, -0.2) is 24.0 Å². The molecule has 2 N–H and O–H groups in total. The Balaban J connectivity index is 3.72. The van der Waals surface area contributed by atoms with Crippen LogP contribution in [0.2, 0.25) is 0 Å². The summed E-state index contributed by atoms with van der Waals surface area (Å²) in [6, 6.07) is -0.0718. The molecular formula is C6H12N2OS. The van der Waals surface area contributed by atoms with Gasteiger partial charge < -0.3 is 10.6 Å². The molecule has 0 aliphatic rings. The Labute approximate surface area is 66.2 Å². The smallest absolute Gasteiger partial charge is 0.217 e. The predicted octanol–water partition coefficient (Wildman–Crippen LogP) is 0.0578. The largest absolute Gasteiger partial charge is 0.381 e. The van der Waals surface area contributed by atoms with Gasteiger partial charge in [0, 0.05) is 14.0 Å². The van der Waals surface area contributed by atoms with Crippen LogP contribution in [0.15, 0.2) is 0 Å². The number of likely N-dealkylation sites (N-methyl/N-ethyl adjacent to an activating group) is 1. The minimum Gasteiger partial charge on any atom is -0.381 e. The Hall–Kier alpha value is -0.640. The van der Waals surface area contributed by atoms with E-state index in [9.17, 15) is 4.79 Å². The average Bonchev–Trinajstić information content (AvgIpc) is 1.85. The normalized spacial score (nSPS) is 11.9. The highest BCUT2D eigenvalue weighted by Crippen LogP contribution is 1.82. The van der Waals surface area contributed by atoms with Gasteiger partial charge in [-0.15, -0.1) is 0 Å². The number of carbonyl (C=O) groups excluding carboxylic acids is 1. The predicted molar refractivity (Wildman–Crippen MR) is 44.9 cm³/mol. The standard InChI is InChI=1S/C6H12N2OS/c1-4(6(10)7-3)8-5(2)9/h4H,1-3H3,(H,7,10)(H,8,9)/t4-/m0/s1. The second-order valence-electron chi connectivity index (χ2n) is 2.04. The maximum absolute atomic E-state index is 10.5. The summed E-state index contributed by atoms with van der Waals surface area (Å²) in [6.45, 7) is 3.30. The molecule has 1 atom stereocenters. The van der Waals surface area contributed by atoms with Crippen molar-refractivity contribution in [3.8, 4) is 0 Å². The van der Waals surface area contributed by atoms with E-state index in [1.165, 1.54) is 6.92 Å². The van der Waals surface area contributed by atoms with Crippen molar-refractivity contribution in [3.63, 3.8) is 0 Å². The van der Waals surface area contributed by atoms with Crippen molar-refractivity contribution in [3.05, 3.63) is 0 Å². The molecule has 0 aromatic rings. The molecule has 58 valence electrons. The lowest BCUT2D eigenvalue weighted by Crippen LogP contribution is -2.41. The van der Waals surface area contributed by atoms with E-state index in [1.54, 1.807) is 7.05 Å². The molecule has 0 aliphatic heterocycles. The van der Waals surface area contributed by atoms with Crippen molar-refractivity contribution < 1.29 is 4.79 Å². The Kier molecular flexibility index (Phi) is 3.95. The van der Waals surface area contributed by atoms with Crippen LogP contribution < -0.4 is 10.6 Å². The van der Waals surface area contributed by atoms with Crippen LogP contribution in [0.3, 0.4) is 0 Å². The molecule has 0 radical (unpaired) electrons. The molecule has 1 amide bonds. The van der Waals surface area contributed by atoms with Crippen LogP contribution in [-0.2, 0) is 4.79 Å². The lowest BCUT2D eigenvalue weighted by molar-refractivity contribution is -0.119. The molecule has 0 fully saturated rings. The molecule has 0 aliphatic carbocycles. The van der Waals surface area contributed by atoms with E-state index in [-0.39, 0.29) is 11.9 Å². The Morgan fingerprint density at radius 2 is 2.10 bits per heavy atom. The van der Waals surface area contributed by atoms with Gasteiger partial charge in [-0.2, -0.15) is 0 Å². The average molecular weight is 160 g/mol. The molecule has 4 heteroatoms. The summed E-state index contributed by atoms with van der Waals surface area (Å²) in [5.41, 5.74) is 0. The Morgan fingerprint density at radius 1 is 1.60 bits per heavy atom. The van der Waals surface area contributed by atoms with Gasteiger partial charge in [-0.3, -0.25) is 4.79 Å². The Bertz CT molecular complexity index is 147. The third-order valence-electron chi connectivity index (χ3n) is 1.06. The molecule has 0 saturated carbocycles. The highest BCUT2D eigenvalue weighted by atomic mass is 32.1. The van der Waals surface area contributed by atoms with E-state index >= 15 is 0 Å². The number of hydrogen-bond donors (Lipinski definition) is 2. The van der Waals surface area contributed by atoms with E-state index in [0.29, 0.717) is 4.99 Å². The van der Waals surface area contributed by atoms with Crippen molar-refractivity contribution in [2.24, 2.45) is 0 Å². The quantitative estimate of drug-likeness (QED) is 0.561. The van der Waals surface area contributed by atoms with Crippen LogP contribution >= 0.6 is 12.2 Å². The lowest BCUT2D eigenvalue weighted by atomic mass is 10.3. The SMILES string of the molecule is CNC(=S)[C@H](C)NC(C)=O. The van der Waals surface area contributed by atoms with Gasteiger partial charge in [0.05, 0.1) is 11.0 Å². The minimum atomic E-state index is -0.0718. The lowest BCUT2D eigenvalue weighted by Gasteiger charge is -2.12. The first-order chi connectivity index (χ1) is 4.57. The minimum absolute atomic E-state index is 0.0647. The second-order valence-corrected chi connectivity index (χ2v) is 2.48. The van der Waals surface area contributed by atoms with Crippen molar-refractivity contribution >= 4 is 23.1 Å². The zero-order valence-electron chi connectivity index (χ0n) is 6.39. The number of rotatable bonds is 2. The van der Waals surface area contributed by atoms with Crippen LogP contribution in [0.25, 0.3) is 0 Å². The second kappa shape index (κ2) is 4.22. The molecule has 0 unspecified atom stereocenters. The summed E-state index contributed by atoms with van der Waals surface area (Å²) in [4.78, 5) is 11.1. The number of carbonyl (C=O) groups is 1. The fourth-order valence-electron chi connectivity index (χ4n) is 0.587. The first-order valence-corrected chi connectivity index (χ1v) is 3.47. The van der Waals surface area contributed by atoms with Gasteiger partial charge in [-0.05, 0) is 6.92 Å². The topological polar surface area (TPSA) is 41.1 Å². The maximum atomic E-state index is 10.5. The molecular weight excluding hydrogens is 148 g/mol. The van der Waals surface area contributed by atoms with Gasteiger partial charge in [-0.1, -0.05) is 12.2 Å². The molecule has 0 spiro atoms. The summed E-state index contributed by atoms with van der Waals surface area (Å²) >= 11 is 4.87. The van der Waals surface area contributed by atoms with Crippen molar-refractivity contribution in [2.75, 3.05) is 7.05 Å². The van der Waals surface area contributed by atoms with Gasteiger partial charge in [0.15, 0.2) is 0 Å². The summed E-state index contributed by atoms with van der Waals surface area (Å²) in [6.07, 6.45) is 0. The van der Waals surface area contributed by atoms with Gasteiger partial charge in [0.1, 0.15) is 0 Å². The van der Waals surface area contributed by atoms with Gasteiger partial charge in [0.2, 0.25) is 5.91 Å². The van der Waals surface area contributed by atoms with Crippen LogP contribution in [0.4, 0.5) is 0 Å². The van der Waals surface area contributed by atoms with E-state index in [1.807, 2.05) is 6.92 Å². The number of hydrogen-bond acceptors (Lipinski definition) is 2. The molecule has 3 nitrogen and oxygen atoms in total. The Morgan fingerprint density at radius 3 is 2.40 bits per heavy atom. The van der Waals surface area contributed by atoms with Crippen LogP contribution in [0, 0.1) is 0 Å². The fraction of sp³-hybridized carbons (Fsp3) is 0.667. The maximum Gasteiger partial charge on any atom is 0.217 e. The number of nitrogens with one attached hydrogen (secondary N) is 2. The van der Waals surface area contributed by atoms with Gasteiger partial charge in [-0.25, -0.2) is 0 Å². The van der Waals surface area contributed by atoms with Crippen molar-refractivity contribution in [1.82, 2.24) is 10.6 Å². The first-order valence-electron chi connectivity index (χ1n) is 3.06. The summed E-state index contributed by atoms with van der Waals surface area (Å²) in [5, 5.41) is 5.44. The zero-order chi connectivity index (χ0) is 8.15. The fourth-order valence-corrected chi connectivity index (χ4v) is 0.646. The monoisotopic (exact) mass is 160 g/mol. The van der Waals surface area contributed by atoms with Crippen LogP contribution in [0.1, 0.15) is 13.8 Å². The highest BCUT2D eigenvalue weighted by Gasteiger charge is 2.05. The first kappa shape index (κ1) is 9.36. The van der Waals surface area contributed by atoms with E-state index in [2.05, 4.69) is 10.6 Å². The number of amides is 1. The molecule has 0 rings (SSSR count). The molecule has 0 saturated heterocycles. The van der Waals surface area contributed by atoms with Gasteiger partial charge >= 0.3 is 0 Å². The highest BCUT2D eigenvalue weighted by molar-refractivity contribution is 7.80. The van der Waals surface area contributed by atoms with Gasteiger partial charge in [0.25, 0.3) is 0 Å². The zero-order valence-corrected chi connectivity index (χ0v) is 7.21. The van der Waals surface area contributed by atoms with Crippen molar-refractivity contribution in [1.29, 1.82) is 0 Å². The molecule has 0 aromatic heterocycles. The molecule has 10 heavy (non-hydrogen) atoms. The molecule has 0 bridgehead atoms. The van der Waals surface area contributed by atoms with Crippen molar-refractivity contribution in [2.45, 2.75) is 19.9 Å². The third kappa shape index (κ3) is 3.40.